The molecular weight excluding hydrogens is 284 g/mol. The first kappa shape index (κ1) is 16.3. The summed E-state index contributed by atoms with van der Waals surface area (Å²) in [5.41, 5.74) is 1.74. The molecule has 1 aliphatic heterocycles. The van der Waals surface area contributed by atoms with Crippen LogP contribution in [0.1, 0.15) is 31.9 Å². The monoisotopic (exact) mass is 306 g/mol. The summed E-state index contributed by atoms with van der Waals surface area (Å²) in [4.78, 5) is 25.1. The molecule has 0 spiro atoms. The van der Waals surface area contributed by atoms with Crippen LogP contribution in [0.4, 0.5) is 4.79 Å². The number of rotatable bonds is 4. The van der Waals surface area contributed by atoms with E-state index >= 15 is 0 Å². The van der Waals surface area contributed by atoms with Gasteiger partial charge in [0, 0.05) is 19.6 Å². The van der Waals surface area contributed by atoms with Crippen LogP contribution < -0.4 is 5.32 Å². The Morgan fingerprint density at radius 1 is 1.27 bits per heavy atom. The van der Waals surface area contributed by atoms with Crippen molar-refractivity contribution >= 4 is 12.1 Å². The van der Waals surface area contributed by atoms with E-state index in [0.29, 0.717) is 13.1 Å². The summed E-state index contributed by atoms with van der Waals surface area (Å²) in [5, 5.41) is 11.7. The standard InChI is InChI=1S/C16H22N2O4/c1-16(2,3)22-15(21)17-13(14(19)20)10-18-8-11-6-4-5-7-12(11)9-18/h4-7,13H,8-10H2,1-3H3,(H,17,21)(H,19,20). The molecule has 0 bridgehead atoms. The van der Waals surface area contributed by atoms with E-state index in [-0.39, 0.29) is 6.54 Å². The van der Waals surface area contributed by atoms with Crippen LogP contribution in [0.5, 0.6) is 0 Å². The highest BCUT2D eigenvalue weighted by molar-refractivity contribution is 5.80. The Bertz CT molecular complexity index is 541. The molecule has 1 unspecified atom stereocenters. The minimum Gasteiger partial charge on any atom is -0.480 e. The molecule has 1 amide bonds. The number of fused-ring (bicyclic) bond motifs is 1. The zero-order valence-corrected chi connectivity index (χ0v) is 13.1. The van der Waals surface area contributed by atoms with E-state index in [1.54, 1.807) is 20.8 Å². The first-order chi connectivity index (χ1) is 10.2. The minimum atomic E-state index is -1.07. The van der Waals surface area contributed by atoms with Crippen LogP contribution in [0.25, 0.3) is 0 Å². The molecule has 0 fully saturated rings. The molecular formula is C16H22N2O4. The van der Waals surface area contributed by atoms with E-state index in [0.717, 1.165) is 0 Å². The first-order valence-corrected chi connectivity index (χ1v) is 7.26. The van der Waals surface area contributed by atoms with Crippen LogP contribution in [0.3, 0.4) is 0 Å². The number of amides is 1. The Labute approximate surface area is 130 Å². The van der Waals surface area contributed by atoms with Gasteiger partial charge in [0.15, 0.2) is 0 Å². The lowest BCUT2D eigenvalue weighted by Crippen LogP contribution is -2.48. The molecule has 6 heteroatoms. The number of carbonyl (C=O) groups is 2. The predicted molar refractivity (Wildman–Crippen MR) is 81.3 cm³/mol. The Hall–Kier alpha value is -2.08. The molecule has 0 saturated heterocycles. The molecule has 0 aliphatic carbocycles. The summed E-state index contributed by atoms with van der Waals surface area (Å²) in [6.45, 7) is 6.83. The highest BCUT2D eigenvalue weighted by Gasteiger charge is 2.28. The molecule has 22 heavy (non-hydrogen) atoms. The van der Waals surface area contributed by atoms with Crippen LogP contribution in [0.15, 0.2) is 24.3 Å². The van der Waals surface area contributed by atoms with Crippen molar-refractivity contribution in [1.82, 2.24) is 10.2 Å². The molecule has 1 aromatic carbocycles. The smallest absolute Gasteiger partial charge is 0.408 e. The molecule has 120 valence electrons. The lowest BCUT2D eigenvalue weighted by atomic mass is 10.1. The Balaban J connectivity index is 1.94. The molecule has 1 aliphatic rings. The summed E-state index contributed by atoms with van der Waals surface area (Å²) in [7, 11) is 0. The van der Waals surface area contributed by atoms with Crippen molar-refractivity contribution in [2.75, 3.05) is 6.54 Å². The van der Waals surface area contributed by atoms with Gasteiger partial charge in [-0.3, -0.25) is 4.90 Å². The van der Waals surface area contributed by atoms with Gasteiger partial charge in [0.25, 0.3) is 0 Å². The lowest BCUT2D eigenvalue weighted by molar-refractivity contribution is -0.140. The SMILES string of the molecule is CC(C)(C)OC(=O)NC(CN1Cc2ccccc2C1)C(=O)O. The fourth-order valence-electron chi connectivity index (χ4n) is 2.43. The number of ether oxygens (including phenoxy) is 1. The highest BCUT2D eigenvalue weighted by atomic mass is 16.6. The van der Waals surface area contributed by atoms with Gasteiger partial charge in [-0.15, -0.1) is 0 Å². The summed E-state index contributed by atoms with van der Waals surface area (Å²) < 4.78 is 5.11. The number of hydrogen-bond acceptors (Lipinski definition) is 4. The third-order valence-electron chi connectivity index (χ3n) is 3.34. The van der Waals surface area contributed by atoms with E-state index < -0.39 is 23.7 Å². The maximum Gasteiger partial charge on any atom is 0.408 e. The van der Waals surface area contributed by atoms with E-state index in [9.17, 15) is 14.7 Å². The number of alkyl carbamates (subject to hydrolysis) is 1. The molecule has 2 rings (SSSR count). The fraction of sp³-hybridized carbons (Fsp3) is 0.500. The number of carboxylic acid groups (broad SMARTS) is 1. The van der Waals surface area contributed by atoms with E-state index in [1.165, 1.54) is 11.1 Å². The molecule has 1 heterocycles. The summed E-state index contributed by atoms with van der Waals surface area (Å²) in [6, 6.07) is 7.01. The number of carboxylic acids is 1. The number of aliphatic carboxylic acids is 1. The number of hydrogen-bond donors (Lipinski definition) is 2. The van der Waals surface area contributed by atoms with Crippen LogP contribution in [-0.4, -0.2) is 40.3 Å². The van der Waals surface area contributed by atoms with Crippen LogP contribution in [-0.2, 0) is 22.6 Å². The number of carbonyl (C=O) groups excluding carboxylic acids is 1. The topological polar surface area (TPSA) is 78.9 Å². The average molecular weight is 306 g/mol. The van der Waals surface area contributed by atoms with Crippen molar-refractivity contribution in [2.45, 2.75) is 45.5 Å². The summed E-state index contributed by atoms with van der Waals surface area (Å²) >= 11 is 0. The van der Waals surface area contributed by atoms with Gasteiger partial charge < -0.3 is 15.2 Å². The second-order valence-corrected chi connectivity index (χ2v) is 6.48. The quantitative estimate of drug-likeness (QED) is 0.889. The third-order valence-corrected chi connectivity index (χ3v) is 3.34. The molecule has 1 atom stereocenters. The van der Waals surface area contributed by atoms with Crippen molar-refractivity contribution in [3.8, 4) is 0 Å². The first-order valence-electron chi connectivity index (χ1n) is 7.26. The summed E-state index contributed by atoms with van der Waals surface area (Å²) in [5.74, 6) is -1.07. The maximum absolute atomic E-state index is 11.8. The average Bonchev–Trinajstić information content (AvgIpc) is 2.77. The van der Waals surface area contributed by atoms with Crippen LogP contribution in [0, 0.1) is 0 Å². The predicted octanol–water partition coefficient (Wildman–Crippen LogP) is 1.98. The molecule has 0 aromatic heterocycles. The normalized spacial score (nSPS) is 16.0. The molecule has 1 aromatic rings. The lowest BCUT2D eigenvalue weighted by Gasteiger charge is -2.24. The number of benzene rings is 1. The molecule has 6 nitrogen and oxygen atoms in total. The maximum atomic E-state index is 11.8. The highest BCUT2D eigenvalue weighted by Crippen LogP contribution is 2.22. The summed E-state index contributed by atoms with van der Waals surface area (Å²) in [6.07, 6.45) is -0.711. The van der Waals surface area contributed by atoms with Crippen LogP contribution >= 0.6 is 0 Å². The fourth-order valence-corrected chi connectivity index (χ4v) is 2.43. The molecule has 0 radical (unpaired) electrons. The Kier molecular flexibility index (Phi) is 4.71. The minimum absolute atomic E-state index is 0.239. The zero-order chi connectivity index (χ0) is 16.3. The van der Waals surface area contributed by atoms with E-state index in [4.69, 9.17) is 4.74 Å². The van der Waals surface area contributed by atoms with Crippen LogP contribution in [0.2, 0.25) is 0 Å². The van der Waals surface area contributed by atoms with Crippen molar-refractivity contribution < 1.29 is 19.4 Å². The van der Waals surface area contributed by atoms with Crippen molar-refractivity contribution in [3.05, 3.63) is 35.4 Å². The molecule has 2 N–H and O–H groups in total. The van der Waals surface area contributed by atoms with E-state index in [1.807, 2.05) is 29.2 Å². The van der Waals surface area contributed by atoms with Gasteiger partial charge in [-0.05, 0) is 31.9 Å². The van der Waals surface area contributed by atoms with Crippen molar-refractivity contribution in [3.63, 3.8) is 0 Å². The number of nitrogens with one attached hydrogen (secondary N) is 1. The van der Waals surface area contributed by atoms with Gasteiger partial charge in [-0.1, -0.05) is 24.3 Å². The van der Waals surface area contributed by atoms with Gasteiger partial charge in [0.2, 0.25) is 0 Å². The van der Waals surface area contributed by atoms with Gasteiger partial charge in [-0.25, -0.2) is 9.59 Å². The Morgan fingerprint density at radius 3 is 2.27 bits per heavy atom. The van der Waals surface area contributed by atoms with Gasteiger partial charge >= 0.3 is 12.1 Å². The number of nitrogens with zero attached hydrogens (tertiary/aromatic N) is 1. The zero-order valence-electron chi connectivity index (χ0n) is 13.1. The van der Waals surface area contributed by atoms with Crippen molar-refractivity contribution in [1.29, 1.82) is 0 Å². The third kappa shape index (κ3) is 4.46. The van der Waals surface area contributed by atoms with Crippen molar-refractivity contribution in [2.24, 2.45) is 0 Å². The van der Waals surface area contributed by atoms with Gasteiger partial charge in [0.1, 0.15) is 11.6 Å². The van der Waals surface area contributed by atoms with Gasteiger partial charge in [0.05, 0.1) is 0 Å². The second kappa shape index (κ2) is 6.36. The van der Waals surface area contributed by atoms with Gasteiger partial charge in [-0.2, -0.15) is 0 Å². The van der Waals surface area contributed by atoms with E-state index in [2.05, 4.69) is 5.32 Å². The Morgan fingerprint density at radius 2 is 1.82 bits per heavy atom. The molecule has 0 saturated carbocycles. The largest absolute Gasteiger partial charge is 0.480 e. The second-order valence-electron chi connectivity index (χ2n) is 6.48.